The lowest BCUT2D eigenvalue weighted by Gasteiger charge is -2.22. The molecule has 0 aromatic heterocycles. The molecule has 2 heteroatoms. The topological polar surface area (TPSA) is 17.1 Å². The van der Waals surface area contributed by atoms with Gasteiger partial charge in [-0.05, 0) is 29.8 Å². The van der Waals surface area contributed by atoms with Crippen molar-refractivity contribution in [2.75, 3.05) is 11.5 Å². The summed E-state index contributed by atoms with van der Waals surface area (Å²) in [6.45, 7) is 4.40. The van der Waals surface area contributed by atoms with Crippen molar-refractivity contribution in [2.24, 2.45) is 5.41 Å². The van der Waals surface area contributed by atoms with E-state index < -0.39 is 0 Å². The highest BCUT2D eigenvalue weighted by molar-refractivity contribution is 7.98. The van der Waals surface area contributed by atoms with Gasteiger partial charge in [-0.3, -0.25) is 4.79 Å². The minimum atomic E-state index is 0.129. The van der Waals surface area contributed by atoms with Crippen molar-refractivity contribution in [3.05, 3.63) is 12.2 Å². The normalized spacial score (nSPS) is 33.1. The van der Waals surface area contributed by atoms with Gasteiger partial charge in [0.15, 0.2) is 5.25 Å². The fourth-order valence-corrected chi connectivity index (χ4v) is 5.52. The molecule has 1 atom stereocenters. The number of hydrogen-bond donors (Lipinski definition) is 0. The zero-order chi connectivity index (χ0) is 9.47. The zero-order valence-corrected chi connectivity index (χ0v) is 9.19. The van der Waals surface area contributed by atoms with E-state index in [0.717, 1.165) is 0 Å². The lowest BCUT2D eigenvalue weighted by Crippen LogP contribution is -2.38. The van der Waals surface area contributed by atoms with Crippen molar-refractivity contribution in [2.45, 2.75) is 31.9 Å². The number of ketones is 1. The van der Waals surface area contributed by atoms with Crippen LogP contribution >= 0.6 is 0 Å². The second-order valence-electron chi connectivity index (χ2n) is 4.59. The first-order valence-corrected chi connectivity index (χ1v) is 6.63. The van der Waals surface area contributed by atoms with Crippen LogP contribution in [0.4, 0.5) is 0 Å². The van der Waals surface area contributed by atoms with Crippen molar-refractivity contribution in [1.82, 2.24) is 0 Å². The summed E-state index contributed by atoms with van der Waals surface area (Å²) in [6, 6.07) is 0. The highest BCUT2D eigenvalue weighted by Crippen LogP contribution is 2.37. The van der Waals surface area contributed by atoms with Crippen LogP contribution < -0.4 is 0 Å². The second kappa shape index (κ2) is 3.16. The molecule has 1 unspecified atom stereocenters. The van der Waals surface area contributed by atoms with Crippen molar-refractivity contribution in [3.63, 3.8) is 0 Å². The van der Waals surface area contributed by atoms with Crippen LogP contribution in [0.5, 0.6) is 0 Å². The van der Waals surface area contributed by atoms with Crippen molar-refractivity contribution in [1.29, 1.82) is 0 Å². The maximum Gasteiger partial charge on any atom is 0.208 e. The zero-order valence-electron chi connectivity index (χ0n) is 8.38. The van der Waals surface area contributed by atoms with E-state index in [4.69, 9.17) is 0 Å². The summed E-state index contributed by atoms with van der Waals surface area (Å²) in [6.07, 6.45) is 6.58. The second-order valence-corrected chi connectivity index (χ2v) is 6.95. The maximum atomic E-state index is 11.7. The smallest absolute Gasteiger partial charge is 0.208 e. The highest BCUT2D eigenvalue weighted by atomic mass is 32.2. The van der Waals surface area contributed by atoms with Gasteiger partial charge in [-0.15, -0.1) is 0 Å². The molecule has 0 aromatic rings. The van der Waals surface area contributed by atoms with Crippen LogP contribution in [0.3, 0.4) is 0 Å². The Morgan fingerprint density at radius 2 is 2.00 bits per heavy atom. The summed E-state index contributed by atoms with van der Waals surface area (Å²) in [7, 11) is 0.386. The van der Waals surface area contributed by atoms with E-state index in [2.05, 4.69) is 19.9 Å². The summed E-state index contributed by atoms with van der Waals surface area (Å²) in [4.78, 5) is 11.7. The van der Waals surface area contributed by atoms with Crippen LogP contribution in [0, 0.1) is 5.41 Å². The predicted molar refractivity (Wildman–Crippen MR) is 58.0 cm³/mol. The highest BCUT2D eigenvalue weighted by Gasteiger charge is 2.49. The lowest BCUT2D eigenvalue weighted by atomic mass is 9.93. The third-order valence-corrected chi connectivity index (χ3v) is 6.14. The van der Waals surface area contributed by atoms with Crippen LogP contribution in [0.2, 0.25) is 0 Å². The molecule has 2 aliphatic rings. The third-order valence-electron chi connectivity index (χ3n) is 3.01. The van der Waals surface area contributed by atoms with E-state index in [1.165, 1.54) is 24.3 Å². The molecule has 1 heterocycles. The van der Waals surface area contributed by atoms with Gasteiger partial charge in [-0.25, -0.2) is 0 Å². The van der Waals surface area contributed by atoms with Gasteiger partial charge in [-0.2, -0.15) is 0 Å². The summed E-state index contributed by atoms with van der Waals surface area (Å²) >= 11 is 0. The number of carbonyl (C=O) groups excluding carboxylic acids is 1. The molecule has 1 nitrogen and oxygen atoms in total. The SMILES string of the molecule is CC1(C)C=CC(=O)C1[S+]1CCCC1. The molecule has 1 saturated heterocycles. The number of hydrogen-bond acceptors (Lipinski definition) is 1. The van der Waals surface area contributed by atoms with Crippen LogP contribution in [0.25, 0.3) is 0 Å². The molecule has 72 valence electrons. The van der Waals surface area contributed by atoms with Gasteiger partial charge in [-0.1, -0.05) is 19.9 Å². The van der Waals surface area contributed by atoms with Gasteiger partial charge in [0.25, 0.3) is 0 Å². The average Bonchev–Trinajstić information content (AvgIpc) is 2.60. The Kier molecular flexibility index (Phi) is 2.26. The molecule has 0 radical (unpaired) electrons. The lowest BCUT2D eigenvalue weighted by molar-refractivity contribution is -0.114. The summed E-state index contributed by atoms with van der Waals surface area (Å²) < 4.78 is 0. The monoisotopic (exact) mass is 197 g/mol. The summed E-state index contributed by atoms with van der Waals surface area (Å²) in [5, 5.41) is 0.315. The Labute approximate surface area is 82.9 Å². The van der Waals surface area contributed by atoms with Gasteiger partial charge >= 0.3 is 0 Å². The first-order valence-electron chi connectivity index (χ1n) is 5.01. The fraction of sp³-hybridized carbons (Fsp3) is 0.727. The number of allylic oxidation sites excluding steroid dienone is 2. The predicted octanol–water partition coefficient (Wildman–Crippen LogP) is 1.93. The molecule has 0 amide bonds. The maximum absolute atomic E-state index is 11.7. The molecule has 13 heavy (non-hydrogen) atoms. The fourth-order valence-electron chi connectivity index (χ4n) is 2.34. The van der Waals surface area contributed by atoms with E-state index in [-0.39, 0.29) is 5.41 Å². The molecule has 1 fully saturated rings. The quantitative estimate of drug-likeness (QED) is 0.587. The summed E-state index contributed by atoms with van der Waals surface area (Å²) in [5.41, 5.74) is 0.129. The summed E-state index contributed by atoms with van der Waals surface area (Å²) in [5.74, 6) is 2.97. The van der Waals surface area contributed by atoms with Crippen LogP contribution in [-0.2, 0) is 15.7 Å². The van der Waals surface area contributed by atoms with Crippen LogP contribution in [-0.4, -0.2) is 22.5 Å². The van der Waals surface area contributed by atoms with E-state index in [1.807, 2.05) is 0 Å². The number of rotatable bonds is 1. The van der Waals surface area contributed by atoms with Gasteiger partial charge in [0.05, 0.1) is 0 Å². The van der Waals surface area contributed by atoms with E-state index in [9.17, 15) is 4.79 Å². The Morgan fingerprint density at radius 1 is 1.38 bits per heavy atom. The Morgan fingerprint density at radius 3 is 2.46 bits per heavy atom. The van der Waals surface area contributed by atoms with E-state index in [0.29, 0.717) is 21.9 Å². The van der Waals surface area contributed by atoms with Crippen LogP contribution in [0.1, 0.15) is 26.7 Å². The largest absolute Gasteiger partial charge is 0.289 e. The van der Waals surface area contributed by atoms with Gasteiger partial charge < -0.3 is 0 Å². The Balaban J connectivity index is 2.17. The van der Waals surface area contributed by atoms with Crippen molar-refractivity contribution < 1.29 is 4.79 Å². The van der Waals surface area contributed by atoms with E-state index >= 15 is 0 Å². The van der Waals surface area contributed by atoms with Gasteiger partial charge in [0.1, 0.15) is 11.5 Å². The Bertz CT molecular complexity index is 249. The van der Waals surface area contributed by atoms with Crippen LogP contribution in [0.15, 0.2) is 12.2 Å². The molecule has 0 bridgehead atoms. The minimum Gasteiger partial charge on any atom is -0.289 e. The van der Waals surface area contributed by atoms with Gasteiger partial charge in [0, 0.05) is 5.41 Å². The van der Waals surface area contributed by atoms with Gasteiger partial charge in [0.2, 0.25) is 5.78 Å². The average molecular weight is 197 g/mol. The third kappa shape index (κ3) is 1.56. The molecule has 1 aliphatic carbocycles. The standard InChI is InChI=1S/C11H17OS/c1-11(2)6-5-9(12)10(11)13-7-3-4-8-13/h5-6,10H,3-4,7-8H2,1-2H3/q+1. The van der Waals surface area contributed by atoms with Crippen molar-refractivity contribution in [3.8, 4) is 0 Å². The number of carbonyl (C=O) groups is 1. The molecule has 0 aromatic carbocycles. The Hall–Kier alpha value is -0.240. The molecule has 0 N–H and O–H groups in total. The first-order chi connectivity index (χ1) is 6.11. The first kappa shape index (κ1) is 9.32. The molecular formula is C11H17OS+. The molecule has 2 rings (SSSR count). The molecular weight excluding hydrogens is 180 g/mol. The molecule has 1 aliphatic heterocycles. The molecule has 0 saturated carbocycles. The van der Waals surface area contributed by atoms with E-state index in [1.54, 1.807) is 6.08 Å². The van der Waals surface area contributed by atoms with Crippen molar-refractivity contribution >= 4 is 16.7 Å². The minimum absolute atomic E-state index is 0.129. The molecule has 0 spiro atoms.